The van der Waals surface area contributed by atoms with Gasteiger partial charge in [-0.15, -0.1) is 0 Å². The summed E-state index contributed by atoms with van der Waals surface area (Å²) < 4.78 is 7.07. The maximum Gasteiger partial charge on any atom is 0.265 e. The van der Waals surface area contributed by atoms with Gasteiger partial charge in [0.15, 0.2) is 0 Å². The molecular formula is C28H32N6O3. The van der Waals surface area contributed by atoms with Crippen molar-refractivity contribution in [1.29, 1.82) is 5.26 Å². The number of amides is 1. The van der Waals surface area contributed by atoms with Crippen LogP contribution in [0.2, 0.25) is 0 Å². The zero-order valence-corrected chi connectivity index (χ0v) is 21.2. The van der Waals surface area contributed by atoms with Crippen LogP contribution in [0.3, 0.4) is 0 Å². The summed E-state index contributed by atoms with van der Waals surface area (Å²) in [5, 5.41) is 13.1. The lowest BCUT2D eigenvalue weighted by Crippen LogP contribution is -2.43. The van der Waals surface area contributed by atoms with Crippen LogP contribution < -0.4 is 10.9 Å². The van der Waals surface area contributed by atoms with Crippen LogP contribution in [0.15, 0.2) is 41.5 Å². The molecule has 1 saturated carbocycles. The maximum absolute atomic E-state index is 14.0. The SMILES string of the molecule is CC1CCC(NC(=O)c2c(-c3ccc(C#N)cn3)c3cccnc3n(CCN3CCOCC3)c2=O)CC1. The van der Waals surface area contributed by atoms with E-state index in [4.69, 9.17) is 4.74 Å². The van der Waals surface area contributed by atoms with Gasteiger partial charge in [0.25, 0.3) is 11.5 Å². The topological polar surface area (TPSA) is 113 Å². The molecular weight excluding hydrogens is 468 g/mol. The first-order valence-corrected chi connectivity index (χ1v) is 13.0. The molecule has 1 saturated heterocycles. The summed E-state index contributed by atoms with van der Waals surface area (Å²) in [6, 6.07) is 9.13. The Morgan fingerprint density at radius 2 is 1.92 bits per heavy atom. The van der Waals surface area contributed by atoms with Crippen molar-refractivity contribution in [3.05, 3.63) is 58.1 Å². The third kappa shape index (κ3) is 5.41. The lowest BCUT2D eigenvalue weighted by molar-refractivity contribution is 0.0364. The van der Waals surface area contributed by atoms with Crippen molar-refractivity contribution in [2.24, 2.45) is 5.92 Å². The summed E-state index contributed by atoms with van der Waals surface area (Å²) in [5.74, 6) is 0.271. The van der Waals surface area contributed by atoms with Crippen LogP contribution in [-0.4, -0.2) is 64.2 Å². The van der Waals surface area contributed by atoms with Crippen LogP contribution in [0.5, 0.6) is 0 Å². The van der Waals surface area contributed by atoms with Crippen molar-refractivity contribution in [3.8, 4) is 17.3 Å². The molecule has 2 aliphatic rings. The molecule has 1 amide bonds. The van der Waals surface area contributed by atoms with Crippen LogP contribution in [-0.2, 0) is 11.3 Å². The number of nitrogens with one attached hydrogen (secondary N) is 1. The van der Waals surface area contributed by atoms with Crippen molar-refractivity contribution in [2.75, 3.05) is 32.8 Å². The third-order valence-corrected chi connectivity index (χ3v) is 7.49. The number of hydrogen-bond acceptors (Lipinski definition) is 7. The minimum Gasteiger partial charge on any atom is -0.379 e. The Balaban J connectivity index is 1.61. The molecule has 0 bridgehead atoms. The van der Waals surface area contributed by atoms with Gasteiger partial charge in [-0.2, -0.15) is 5.26 Å². The van der Waals surface area contributed by atoms with E-state index in [0.29, 0.717) is 60.1 Å². The zero-order chi connectivity index (χ0) is 25.8. The van der Waals surface area contributed by atoms with Gasteiger partial charge in [0.1, 0.15) is 17.3 Å². The van der Waals surface area contributed by atoms with Gasteiger partial charge in [-0.3, -0.25) is 24.0 Å². The second-order valence-electron chi connectivity index (χ2n) is 10.0. The van der Waals surface area contributed by atoms with Gasteiger partial charge < -0.3 is 10.1 Å². The van der Waals surface area contributed by atoms with E-state index in [0.717, 1.165) is 38.8 Å². The van der Waals surface area contributed by atoms with Gasteiger partial charge in [0.05, 0.1) is 24.5 Å². The van der Waals surface area contributed by atoms with E-state index in [2.05, 4.69) is 33.2 Å². The quantitative estimate of drug-likeness (QED) is 0.554. The van der Waals surface area contributed by atoms with E-state index in [9.17, 15) is 14.9 Å². The Bertz CT molecular complexity index is 1360. The maximum atomic E-state index is 14.0. The molecule has 5 rings (SSSR count). The number of nitriles is 1. The van der Waals surface area contributed by atoms with Crippen molar-refractivity contribution in [1.82, 2.24) is 24.8 Å². The van der Waals surface area contributed by atoms with E-state index in [1.807, 2.05) is 6.07 Å². The molecule has 2 fully saturated rings. The molecule has 3 aromatic heterocycles. The number of pyridine rings is 3. The van der Waals surface area contributed by atoms with Crippen LogP contribution in [0.1, 0.15) is 48.5 Å². The zero-order valence-electron chi connectivity index (χ0n) is 21.2. The molecule has 37 heavy (non-hydrogen) atoms. The van der Waals surface area contributed by atoms with Crippen LogP contribution >= 0.6 is 0 Å². The number of carbonyl (C=O) groups excluding carboxylic acids is 1. The largest absolute Gasteiger partial charge is 0.379 e. The fourth-order valence-corrected chi connectivity index (χ4v) is 5.30. The van der Waals surface area contributed by atoms with Gasteiger partial charge >= 0.3 is 0 Å². The van der Waals surface area contributed by atoms with Gasteiger partial charge in [-0.05, 0) is 55.9 Å². The third-order valence-electron chi connectivity index (χ3n) is 7.49. The Morgan fingerprint density at radius 1 is 1.14 bits per heavy atom. The molecule has 0 unspecified atom stereocenters. The number of ether oxygens (including phenoxy) is 1. The highest BCUT2D eigenvalue weighted by Crippen LogP contribution is 2.30. The molecule has 3 aromatic rings. The molecule has 1 aliphatic carbocycles. The van der Waals surface area contributed by atoms with E-state index in [1.165, 1.54) is 6.20 Å². The number of nitrogens with zero attached hydrogens (tertiary/aromatic N) is 5. The molecule has 0 radical (unpaired) electrons. The van der Waals surface area contributed by atoms with E-state index < -0.39 is 0 Å². The monoisotopic (exact) mass is 500 g/mol. The Labute approximate surface area is 216 Å². The number of rotatable bonds is 6. The van der Waals surface area contributed by atoms with Crippen LogP contribution in [0.4, 0.5) is 0 Å². The lowest BCUT2D eigenvalue weighted by atomic mass is 9.87. The number of morpholine rings is 1. The molecule has 9 nitrogen and oxygen atoms in total. The molecule has 4 heterocycles. The summed E-state index contributed by atoms with van der Waals surface area (Å²) in [4.78, 5) is 39.1. The number of hydrogen-bond donors (Lipinski definition) is 1. The molecule has 0 atom stereocenters. The lowest BCUT2D eigenvalue weighted by Gasteiger charge is -2.28. The Hall–Kier alpha value is -3.61. The average molecular weight is 501 g/mol. The van der Waals surface area contributed by atoms with Crippen molar-refractivity contribution >= 4 is 16.9 Å². The summed E-state index contributed by atoms with van der Waals surface area (Å²) >= 11 is 0. The molecule has 0 spiro atoms. The molecule has 1 N–H and O–H groups in total. The van der Waals surface area contributed by atoms with Gasteiger partial charge in [-0.1, -0.05) is 6.92 Å². The van der Waals surface area contributed by atoms with Gasteiger partial charge in [-0.25, -0.2) is 4.98 Å². The summed E-state index contributed by atoms with van der Waals surface area (Å²) in [5.41, 5.74) is 1.57. The van der Waals surface area contributed by atoms with Crippen molar-refractivity contribution in [2.45, 2.75) is 45.2 Å². The van der Waals surface area contributed by atoms with Gasteiger partial charge in [0, 0.05) is 55.6 Å². The highest BCUT2D eigenvalue weighted by Gasteiger charge is 2.28. The first kappa shape index (κ1) is 25.1. The minimum atomic E-state index is -0.378. The van der Waals surface area contributed by atoms with E-state index in [-0.39, 0.29) is 23.1 Å². The summed E-state index contributed by atoms with van der Waals surface area (Å²) in [6.07, 6.45) is 7.04. The summed E-state index contributed by atoms with van der Waals surface area (Å²) in [6.45, 7) is 6.26. The fourth-order valence-electron chi connectivity index (χ4n) is 5.30. The van der Waals surface area contributed by atoms with E-state index in [1.54, 1.807) is 29.0 Å². The highest BCUT2D eigenvalue weighted by atomic mass is 16.5. The van der Waals surface area contributed by atoms with Crippen molar-refractivity contribution < 1.29 is 9.53 Å². The predicted octanol–water partition coefficient (Wildman–Crippen LogP) is 2.97. The smallest absolute Gasteiger partial charge is 0.265 e. The number of aromatic nitrogens is 3. The molecule has 192 valence electrons. The Kier molecular flexibility index (Phi) is 7.58. The first-order chi connectivity index (χ1) is 18.0. The summed E-state index contributed by atoms with van der Waals surface area (Å²) in [7, 11) is 0. The van der Waals surface area contributed by atoms with Crippen LogP contribution in [0.25, 0.3) is 22.3 Å². The molecule has 9 heteroatoms. The molecule has 0 aromatic carbocycles. The van der Waals surface area contributed by atoms with Gasteiger partial charge in [0.2, 0.25) is 0 Å². The predicted molar refractivity (Wildman–Crippen MR) is 140 cm³/mol. The van der Waals surface area contributed by atoms with Crippen molar-refractivity contribution in [3.63, 3.8) is 0 Å². The second-order valence-corrected chi connectivity index (χ2v) is 10.0. The fraction of sp³-hybridized carbons (Fsp3) is 0.464. The molecule has 1 aliphatic heterocycles. The number of carbonyl (C=O) groups is 1. The first-order valence-electron chi connectivity index (χ1n) is 13.0. The highest BCUT2D eigenvalue weighted by molar-refractivity contribution is 6.07. The average Bonchev–Trinajstić information content (AvgIpc) is 2.94. The normalized spacial score (nSPS) is 20.4. The van der Waals surface area contributed by atoms with E-state index >= 15 is 0 Å². The Morgan fingerprint density at radius 3 is 2.62 bits per heavy atom. The van der Waals surface area contributed by atoms with Crippen LogP contribution in [0, 0.1) is 17.2 Å². The number of fused-ring (bicyclic) bond motifs is 1. The second kappa shape index (κ2) is 11.2. The standard InChI is InChI=1S/C28H32N6O3/c1-19-4-7-21(8-5-19)32-27(35)25-24(23-9-6-20(17-29)18-31-23)22-3-2-10-30-26(22)34(28(25)36)12-11-33-13-15-37-16-14-33/h2-3,6,9-10,18-19,21H,4-5,7-8,11-16H2,1H3,(H,32,35). The minimum absolute atomic E-state index is 0.0382.